The van der Waals surface area contributed by atoms with E-state index in [2.05, 4.69) is 5.32 Å². The van der Waals surface area contributed by atoms with Crippen molar-refractivity contribution < 1.29 is 14.4 Å². The van der Waals surface area contributed by atoms with E-state index in [1.165, 1.54) is 13.5 Å². The molecule has 2 atom stereocenters. The molecule has 1 heterocycles. The number of imide groups is 1. The minimum atomic E-state index is -0.312. The highest BCUT2D eigenvalue weighted by Crippen LogP contribution is 2.54. The van der Waals surface area contributed by atoms with Gasteiger partial charge < -0.3 is 5.32 Å². The van der Waals surface area contributed by atoms with E-state index in [-0.39, 0.29) is 23.6 Å². The average Bonchev–Trinajstić information content (AvgIpc) is 3.03. The van der Waals surface area contributed by atoms with Crippen molar-refractivity contribution >= 4 is 23.4 Å². The van der Waals surface area contributed by atoms with Crippen LogP contribution in [0.1, 0.15) is 40.0 Å². The minimum absolute atomic E-state index is 0.0345. The van der Waals surface area contributed by atoms with Crippen molar-refractivity contribution in [3.63, 3.8) is 0 Å². The predicted octanol–water partition coefficient (Wildman–Crippen LogP) is 1.90. The van der Waals surface area contributed by atoms with E-state index in [4.69, 9.17) is 0 Å². The predicted molar refractivity (Wildman–Crippen MR) is 75.8 cm³/mol. The third kappa shape index (κ3) is 1.87. The Labute approximate surface area is 122 Å². The zero-order chi connectivity index (χ0) is 14.7. The van der Waals surface area contributed by atoms with E-state index in [0.717, 1.165) is 29.6 Å². The molecule has 3 amide bonds. The van der Waals surface area contributed by atoms with Crippen molar-refractivity contribution in [2.45, 2.75) is 19.3 Å². The molecule has 0 aromatic heterocycles. The zero-order valence-corrected chi connectivity index (χ0v) is 11.8. The summed E-state index contributed by atoms with van der Waals surface area (Å²) in [6, 6.07) is 4.91. The van der Waals surface area contributed by atoms with Gasteiger partial charge in [-0.05, 0) is 49.3 Å². The molecule has 5 heteroatoms. The summed E-state index contributed by atoms with van der Waals surface area (Å²) in [6.45, 7) is 0. The second-order valence-corrected chi connectivity index (χ2v) is 6.34. The molecule has 1 aliphatic heterocycles. The van der Waals surface area contributed by atoms with Crippen LogP contribution < -0.4 is 5.32 Å². The molecule has 1 aromatic rings. The van der Waals surface area contributed by atoms with Crippen LogP contribution in [-0.4, -0.2) is 29.7 Å². The summed E-state index contributed by atoms with van der Waals surface area (Å²) >= 11 is 0. The van der Waals surface area contributed by atoms with Crippen molar-refractivity contribution in [3.05, 3.63) is 29.3 Å². The highest BCUT2D eigenvalue weighted by molar-refractivity contribution is 6.21. The van der Waals surface area contributed by atoms with Crippen LogP contribution in [0.4, 0.5) is 5.69 Å². The van der Waals surface area contributed by atoms with E-state index >= 15 is 0 Å². The van der Waals surface area contributed by atoms with Gasteiger partial charge in [-0.2, -0.15) is 0 Å². The highest BCUT2D eigenvalue weighted by Gasteiger charge is 2.48. The Bertz CT molecular complexity index is 672. The second-order valence-electron chi connectivity index (χ2n) is 6.34. The first-order valence-electron chi connectivity index (χ1n) is 7.32. The van der Waals surface area contributed by atoms with E-state index in [9.17, 15) is 14.4 Å². The molecule has 2 unspecified atom stereocenters. The van der Waals surface area contributed by atoms with Crippen LogP contribution in [0, 0.1) is 17.8 Å². The van der Waals surface area contributed by atoms with Gasteiger partial charge in [-0.1, -0.05) is 0 Å². The number of carbonyl (C=O) groups excluding carboxylic acids is 3. The third-order valence-corrected chi connectivity index (χ3v) is 4.97. The van der Waals surface area contributed by atoms with Crippen LogP contribution in [0.3, 0.4) is 0 Å². The Kier molecular flexibility index (Phi) is 2.49. The number of benzene rings is 1. The minimum Gasteiger partial charge on any atom is -0.326 e. The van der Waals surface area contributed by atoms with Gasteiger partial charge in [-0.25, -0.2) is 0 Å². The fraction of sp³-hybridized carbons (Fsp3) is 0.438. The molecule has 2 aliphatic carbocycles. The summed E-state index contributed by atoms with van der Waals surface area (Å²) in [6.07, 6.45) is 3.26. The van der Waals surface area contributed by atoms with E-state index in [0.29, 0.717) is 16.8 Å². The monoisotopic (exact) mass is 284 g/mol. The Morgan fingerprint density at radius 1 is 1.10 bits per heavy atom. The summed E-state index contributed by atoms with van der Waals surface area (Å²) in [5, 5.41) is 2.88. The number of hydrogen-bond donors (Lipinski definition) is 1. The first kappa shape index (κ1) is 12.6. The molecule has 21 heavy (non-hydrogen) atoms. The molecule has 108 valence electrons. The SMILES string of the molecule is CN1C(=O)c2ccc(NC(=O)C3CC4CC4C3)cc2C1=O. The van der Waals surface area contributed by atoms with Gasteiger partial charge in [0.1, 0.15) is 0 Å². The van der Waals surface area contributed by atoms with Gasteiger partial charge in [0.25, 0.3) is 11.8 Å². The molecule has 1 aromatic carbocycles. The highest BCUT2D eigenvalue weighted by atomic mass is 16.2. The van der Waals surface area contributed by atoms with Crippen LogP contribution in [0.2, 0.25) is 0 Å². The lowest BCUT2D eigenvalue weighted by molar-refractivity contribution is -0.120. The summed E-state index contributed by atoms with van der Waals surface area (Å²) < 4.78 is 0. The van der Waals surface area contributed by atoms with Crippen LogP contribution in [0.25, 0.3) is 0 Å². The van der Waals surface area contributed by atoms with Gasteiger partial charge in [-0.15, -0.1) is 0 Å². The third-order valence-electron chi connectivity index (χ3n) is 4.97. The standard InChI is InChI=1S/C16H16N2O3/c1-18-15(20)12-3-2-11(7-13(12)16(18)21)17-14(19)10-5-8-4-9(8)6-10/h2-3,7-10H,4-6H2,1H3,(H,17,19). The van der Waals surface area contributed by atoms with Crippen LogP contribution in [0.5, 0.6) is 0 Å². The number of nitrogens with one attached hydrogen (secondary N) is 1. The lowest BCUT2D eigenvalue weighted by Gasteiger charge is -2.12. The molecule has 2 saturated carbocycles. The normalized spacial score (nSPS) is 29.4. The number of anilines is 1. The first-order chi connectivity index (χ1) is 10.0. The van der Waals surface area contributed by atoms with Crippen LogP contribution in [0.15, 0.2) is 18.2 Å². The molecule has 0 spiro atoms. The quantitative estimate of drug-likeness (QED) is 0.843. The first-order valence-corrected chi connectivity index (χ1v) is 7.32. The maximum Gasteiger partial charge on any atom is 0.261 e. The molecule has 2 fully saturated rings. The lowest BCUT2D eigenvalue weighted by Crippen LogP contribution is -2.24. The fourth-order valence-corrected chi connectivity index (χ4v) is 3.61. The molecule has 0 radical (unpaired) electrons. The Balaban J connectivity index is 1.53. The number of carbonyl (C=O) groups is 3. The summed E-state index contributed by atoms with van der Waals surface area (Å²) in [5.74, 6) is 1.05. The van der Waals surface area contributed by atoms with Crippen molar-refractivity contribution in [2.24, 2.45) is 17.8 Å². The van der Waals surface area contributed by atoms with Gasteiger partial charge in [0, 0.05) is 18.7 Å². The number of amides is 3. The zero-order valence-electron chi connectivity index (χ0n) is 11.8. The maximum atomic E-state index is 12.2. The van der Waals surface area contributed by atoms with E-state index in [1.807, 2.05) is 0 Å². The molecular weight excluding hydrogens is 268 g/mol. The van der Waals surface area contributed by atoms with Gasteiger partial charge in [0.15, 0.2) is 0 Å². The fourth-order valence-electron chi connectivity index (χ4n) is 3.61. The van der Waals surface area contributed by atoms with Crippen LogP contribution in [-0.2, 0) is 4.79 Å². The number of nitrogens with zero attached hydrogens (tertiary/aromatic N) is 1. The van der Waals surface area contributed by atoms with Crippen LogP contribution >= 0.6 is 0 Å². The Morgan fingerprint density at radius 2 is 1.76 bits per heavy atom. The maximum absolute atomic E-state index is 12.2. The van der Waals surface area contributed by atoms with Crippen molar-refractivity contribution in [3.8, 4) is 0 Å². The molecule has 3 aliphatic rings. The van der Waals surface area contributed by atoms with Gasteiger partial charge in [0.2, 0.25) is 5.91 Å². The van der Waals surface area contributed by atoms with E-state index in [1.54, 1.807) is 18.2 Å². The summed E-state index contributed by atoms with van der Waals surface area (Å²) in [7, 11) is 1.47. The van der Waals surface area contributed by atoms with Crippen molar-refractivity contribution in [1.82, 2.24) is 4.90 Å². The molecule has 1 N–H and O–H groups in total. The van der Waals surface area contributed by atoms with Gasteiger partial charge in [0.05, 0.1) is 11.1 Å². The Morgan fingerprint density at radius 3 is 2.48 bits per heavy atom. The molecular formula is C16H16N2O3. The smallest absolute Gasteiger partial charge is 0.261 e. The number of hydrogen-bond acceptors (Lipinski definition) is 3. The average molecular weight is 284 g/mol. The van der Waals surface area contributed by atoms with E-state index < -0.39 is 0 Å². The lowest BCUT2D eigenvalue weighted by atomic mass is 10.0. The second kappa shape index (κ2) is 4.16. The molecule has 0 saturated heterocycles. The summed E-state index contributed by atoms with van der Waals surface area (Å²) in [4.78, 5) is 37.1. The Hall–Kier alpha value is -2.17. The molecule has 5 nitrogen and oxygen atoms in total. The molecule has 4 rings (SSSR count). The number of fused-ring (bicyclic) bond motifs is 2. The topological polar surface area (TPSA) is 66.5 Å². The largest absolute Gasteiger partial charge is 0.326 e. The summed E-state index contributed by atoms with van der Waals surface area (Å²) in [5.41, 5.74) is 1.37. The van der Waals surface area contributed by atoms with Crippen molar-refractivity contribution in [1.29, 1.82) is 0 Å². The molecule has 0 bridgehead atoms. The number of rotatable bonds is 2. The van der Waals surface area contributed by atoms with Gasteiger partial charge >= 0.3 is 0 Å². The van der Waals surface area contributed by atoms with Gasteiger partial charge in [-0.3, -0.25) is 19.3 Å². The van der Waals surface area contributed by atoms with Crippen molar-refractivity contribution in [2.75, 3.05) is 12.4 Å².